The number of thiazole rings is 1. The van der Waals surface area contributed by atoms with E-state index in [1.807, 2.05) is 19.1 Å². The van der Waals surface area contributed by atoms with Crippen molar-refractivity contribution < 1.29 is 33.3 Å². The van der Waals surface area contributed by atoms with Gasteiger partial charge < -0.3 is 23.7 Å². The average molecular weight is 674 g/mol. The van der Waals surface area contributed by atoms with Crippen molar-refractivity contribution in [2.75, 3.05) is 34.0 Å². The van der Waals surface area contributed by atoms with Crippen molar-refractivity contribution in [3.63, 3.8) is 0 Å². The SMILES string of the molecule is CCCC1=C(C(=O)OCC)[C@H](c2cc(Br)ccc2OC)n2c(s/c(=C/c3ccc(OCC(=O)OCC)c(OC)c3)c2=O)=N1. The van der Waals surface area contributed by atoms with Gasteiger partial charge in [-0.3, -0.25) is 9.36 Å². The Morgan fingerprint density at radius 2 is 1.72 bits per heavy atom. The molecular formula is C31H33BrN2O8S. The second-order valence-corrected chi connectivity index (χ2v) is 11.2. The summed E-state index contributed by atoms with van der Waals surface area (Å²) in [6, 6.07) is 9.76. The van der Waals surface area contributed by atoms with Crippen molar-refractivity contribution in [2.45, 2.75) is 39.7 Å². The van der Waals surface area contributed by atoms with E-state index in [2.05, 4.69) is 15.9 Å². The first-order chi connectivity index (χ1) is 20.8. The van der Waals surface area contributed by atoms with Crippen LogP contribution < -0.4 is 29.1 Å². The molecule has 1 aromatic heterocycles. The Kier molecular flexibility index (Phi) is 10.8. The predicted octanol–water partition coefficient (Wildman–Crippen LogP) is 4.30. The van der Waals surface area contributed by atoms with E-state index in [0.29, 0.717) is 55.4 Å². The highest BCUT2D eigenvalue weighted by Gasteiger charge is 2.36. The van der Waals surface area contributed by atoms with Gasteiger partial charge in [0.2, 0.25) is 0 Å². The van der Waals surface area contributed by atoms with Gasteiger partial charge in [-0.1, -0.05) is 46.7 Å². The summed E-state index contributed by atoms with van der Waals surface area (Å²) < 4.78 is 29.8. The van der Waals surface area contributed by atoms with Gasteiger partial charge in [0.15, 0.2) is 22.9 Å². The second-order valence-electron chi connectivity index (χ2n) is 9.30. The molecule has 0 unspecified atom stereocenters. The number of halogens is 1. The molecule has 0 spiro atoms. The smallest absolute Gasteiger partial charge is 0.344 e. The van der Waals surface area contributed by atoms with Gasteiger partial charge >= 0.3 is 11.9 Å². The lowest BCUT2D eigenvalue weighted by atomic mass is 9.93. The number of carbonyl (C=O) groups is 2. The molecule has 0 bridgehead atoms. The predicted molar refractivity (Wildman–Crippen MR) is 165 cm³/mol. The van der Waals surface area contributed by atoms with Crippen molar-refractivity contribution in [1.29, 1.82) is 0 Å². The number of hydrogen-bond acceptors (Lipinski definition) is 10. The molecule has 1 atom stereocenters. The van der Waals surface area contributed by atoms with Crippen LogP contribution in [0.15, 0.2) is 61.9 Å². The topological polar surface area (TPSA) is 115 Å². The van der Waals surface area contributed by atoms with Gasteiger partial charge in [0, 0.05) is 10.0 Å². The van der Waals surface area contributed by atoms with Crippen LogP contribution in [0.3, 0.4) is 0 Å². The number of carbonyl (C=O) groups excluding carboxylic acids is 2. The number of fused-ring (bicyclic) bond motifs is 1. The van der Waals surface area contributed by atoms with Crippen molar-refractivity contribution >= 4 is 45.3 Å². The quantitative estimate of drug-likeness (QED) is 0.262. The Morgan fingerprint density at radius 1 is 1.00 bits per heavy atom. The molecule has 0 saturated carbocycles. The van der Waals surface area contributed by atoms with Crippen molar-refractivity contribution in [2.24, 2.45) is 4.99 Å². The summed E-state index contributed by atoms with van der Waals surface area (Å²) >= 11 is 4.75. The minimum Gasteiger partial charge on any atom is -0.496 e. The molecule has 1 aliphatic rings. The van der Waals surface area contributed by atoms with Gasteiger partial charge in [0.1, 0.15) is 11.8 Å². The van der Waals surface area contributed by atoms with Crippen molar-refractivity contribution in [3.05, 3.63) is 83.0 Å². The molecule has 1 aliphatic heterocycles. The summed E-state index contributed by atoms with van der Waals surface area (Å²) in [7, 11) is 3.03. The fourth-order valence-electron chi connectivity index (χ4n) is 4.72. The average Bonchev–Trinajstić information content (AvgIpc) is 3.30. The van der Waals surface area contributed by atoms with Crippen LogP contribution >= 0.6 is 27.3 Å². The number of allylic oxidation sites excluding steroid dienone is 1. The van der Waals surface area contributed by atoms with Crippen LogP contribution in [-0.2, 0) is 19.1 Å². The second kappa shape index (κ2) is 14.5. The Balaban J connectivity index is 1.88. The highest BCUT2D eigenvalue weighted by molar-refractivity contribution is 9.10. The third kappa shape index (κ3) is 7.02. The van der Waals surface area contributed by atoms with E-state index in [1.54, 1.807) is 51.3 Å². The summed E-state index contributed by atoms with van der Waals surface area (Å²) in [4.78, 5) is 44.5. The van der Waals surface area contributed by atoms with Gasteiger partial charge in [0.05, 0.1) is 43.2 Å². The number of ether oxygens (including phenoxy) is 5. The van der Waals surface area contributed by atoms with E-state index >= 15 is 0 Å². The van der Waals surface area contributed by atoms with Crippen LogP contribution in [0.1, 0.15) is 50.8 Å². The summed E-state index contributed by atoms with van der Waals surface area (Å²) in [5.74, 6) is 0.247. The van der Waals surface area contributed by atoms with Crippen molar-refractivity contribution in [1.82, 2.24) is 4.57 Å². The highest BCUT2D eigenvalue weighted by atomic mass is 79.9. The maximum absolute atomic E-state index is 14.1. The van der Waals surface area contributed by atoms with Crippen LogP contribution in [0.2, 0.25) is 0 Å². The normalized spacial score (nSPS) is 14.6. The Labute approximate surface area is 261 Å². The molecule has 10 nitrogen and oxygen atoms in total. The van der Waals surface area contributed by atoms with E-state index in [9.17, 15) is 14.4 Å². The molecule has 3 aromatic rings. The molecule has 4 rings (SSSR count). The van der Waals surface area contributed by atoms with Crippen LogP contribution in [0.25, 0.3) is 6.08 Å². The van der Waals surface area contributed by atoms with Crippen LogP contribution in [-0.4, -0.2) is 50.5 Å². The van der Waals surface area contributed by atoms with Crippen LogP contribution in [0.5, 0.6) is 17.2 Å². The lowest BCUT2D eigenvalue weighted by molar-refractivity contribution is -0.145. The largest absolute Gasteiger partial charge is 0.496 e. The van der Waals surface area contributed by atoms with Crippen LogP contribution in [0.4, 0.5) is 0 Å². The molecule has 12 heteroatoms. The molecule has 2 heterocycles. The van der Waals surface area contributed by atoms with Gasteiger partial charge in [-0.15, -0.1) is 0 Å². The van der Waals surface area contributed by atoms with Gasteiger partial charge in [0.25, 0.3) is 5.56 Å². The van der Waals surface area contributed by atoms with E-state index in [4.69, 9.17) is 28.7 Å². The lowest BCUT2D eigenvalue weighted by Crippen LogP contribution is -2.40. The lowest BCUT2D eigenvalue weighted by Gasteiger charge is -2.27. The summed E-state index contributed by atoms with van der Waals surface area (Å²) in [5, 5.41) is 0. The fourth-order valence-corrected chi connectivity index (χ4v) is 6.12. The first-order valence-electron chi connectivity index (χ1n) is 13.8. The monoisotopic (exact) mass is 672 g/mol. The Morgan fingerprint density at radius 3 is 2.40 bits per heavy atom. The van der Waals surface area contributed by atoms with Crippen molar-refractivity contribution in [3.8, 4) is 17.2 Å². The maximum atomic E-state index is 14.1. The number of benzene rings is 2. The third-order valence-corrected chi connectivity index (χ3v) is 7.99. The van der Waals surface area contributed by atoms with Gasteiger partial charge in [-0.2, -0.15) is 0 Å². The van der Waals surface area contributed by atoms with E-state index in [1.165, 1.54) is 23.0 Å². The number of aromatic nitrogens is 1. The molecule has 0 aliphatic carbocycles. The van der Waals surface area contributed by atoms with E-state index in [-0.39, 0.29) is 25.4 Å². The molecule has 0 N–H and O–H groups in total. The zero-order chi connectivity index (χ0) is 31.1. The van der Waals surface area contributed by atoms with Crippen LogP contribution in [0, 0.1) is 0 Å². The Bertz CT molecular complexity index is 1730. The molecule has 0 radical (unpaired) electrons. The summed E-state index contributed by atoms with van der Waals surface area (Å²) in [6.45, 7) is 5.63. The van der Waals surface area contributed by atoms with E-state index in [0.717, 1.165) is 10.9 Å². The number of rotatable bonds is 12. The maximum Gasteiger partial charge on any atom is 0.344 e. The number of nitrogens with zero attached hydrogens (tertiary/aromatic N) is 2. The van der Waals surface area contributed by atoms with Gasteiger partial charge in [-0.05, 0) is 62.2 Å². The Hall–Kier alpha value is -3.90. The number of methoxy groups -OCH3 is 2. The third-order valence-electron chi connectivity index (χ3n) is 6.51. The standard InChI is InChI=1S/C31H33BrN2O8S/c1-6-9-21-27(30(37)41-8-3)28(20-16-19(32)11-13-22(20)38-4)34-29(36)25(43-31(34)33-21)15-18-10-12-23(24(14-18)39-5)42-17-26(35)40-7-2/h10-16,28H,6-9,17H2,1-5H3/b25-15+/t28-/m0/s1. The van der Waals surface area contributed by atoms with E-state index < -0.39 is 18.0 Å². The summed E-state index contributed by atoms with van der Waals surface area (Å²) in [5.41, 5.74) is 1.85. The molecule has 0 amide bonds. The molecule has 43 heavy (non-hydrogen) atoms. The minimum atomic E-state index is -0.820. The number of esters is 2. The zero-order valence-electron chi connectivity index (χ0n) is 24.6. The minimum absolute atomic E-state index is 0.176. The molecule has 228 valence electrons. The first kappa shape index (κ1) is 32.0. The molecular weight excluding hydrogens is 640 g/mol. The fraction of sp³-hybridized carbons (Fsp3) is 0.355. The van der Waals surface area contributed by atoms with Gasteiger partial charge in [-0.25, -0.2) is 14.6 Å². The zero-order valence-corrected chi connectivity index (χ0v) is 27.0. The molecule has 0 fully saturated rings. The molecule has 0 saturated heterocycles. The first-order valence-corrected chi connectivity index (χ1v) is 15.4. The number of hydrogen-bond donors (Lipinski definition) is 0. The highest BCUT2D eigenvalue weighted by Crippen LogP contribution is 2.38. The summed E-state index contributed by atoms with van der Waals surface area (Å²) in [6.07, 6.45) is 2.99. The molecule has 2 aromatic carbocycles.